The van der Waals surface area contributed by atoms with Gasteiger partial charge in [-0.25, -0.2) is 17.5 Å². The Labute approximate surface area is 115 Å². The van der Waals surface area contributed by atoms with Crippen LogP contribution in [0.25, 0.3) is 0 Å². The van der Waals surface area contributed by atoms with Crippen molar-refractivity contribution in [2.45, 2.75) is 18.2 Å². The van der Waals surface area contributed by atoms with Crippen molar-refractivity contribution >= 4 is 31.9 Å². The molecule has 0 spiro atoms. The van der Waals surface area contributed by atoms with Crippen LogP contribution in [0.15, 0.2) is 27.6 Å². The number of benzene rings is 1. The Kier molecular flexibility index (Phi) is 4.89. The lowest BCUT2D eigenvalue weighted by molar-refractivity contribution is 0.0696. The highest BCUT2D eigenvalue weighted by Gasteiger charge is 2.23. The van der Waals surface area contributed by atoms with E-state index in [2.05, 4.69) is 15.9 Å². The summed E-state index contributed by atoms with van der Waals surface area (Å²) in [5.74, 6) is -1.10. The predicted molar refractivity (Wildman–Crippen MR) is 71.2 cm³/mol. The first kappa shape index (κ1) is 15.1. The highest BCUT2D eigenvalue weighted by molar-refractivity contribution is 9.10. The molecular weight excluding hydrogens is 322 g/mol. The molecule has 0 aliphatic rings. The molecule has 7 heteroatoms. The van der Waals surface area contributed by atoms with Crippen molar-refractivity contribution in [3.63, 3.8) is 0 Å². The predicted octanol–water partition coefficient (Wildman–Crippen LogP) is 2.18. The van der Waals surface area contributed by atoms with Gasteiger partial charge in [0.25, 0.3) is 0 Å². The first-order valence-electron chi connectivity index (χ1n) is 5.30. The summed E-state index contributed by atoms with van der Waals surface area (Å²) in [6, 6.07) is 3.86. The lowest BCUT2D eigenvalue weighted by Gasteiger charge is -2.17. The quantitative estimate of drug-likeness (QED) is 0.894. The number of carboxylic acids is 1. The molecule has 0 aliphatic carbocycles. The minimum Gasteiger partial charge on any atom is -0.478 e. The van der Waals surface area contributed by atoms with E-state index in [4.69, 9.17) is 5.11 Å². The van der Waals surface area contributed by atoms with E-state index in [1.165, 1.54) is 29.6 Å². The van der Waals surface area contributed by atoms with Gasteiger partial charge in [-0.2, -0.15) is 0 Å². The maximum absolute atomic E-state index is 12.2. The van der Waals surface area contributed by atoms with Gasteiger partial charge in [0, 0.05) is 18.1 Å². The van der Waals surface area contributed by atoms with Gasteiger partial charge >= 0.3 is 5.97 Å². The van der Waals surface area contributed by atoms with Gasteiger partial charge in [-0.05, 0) is 40.5 Å². The number of carbonyl (C=O) groups is 1. The Morgan fingerprint density at radius 1 is 1.44 bits per heavy atom. The molecular formula is C11H14BrNO4S. The zero-order valence-corrected chi connectivity index (χ0v) is 12.5. The van der Waals surface area contributed by atoms with Crippen molar-refractivity contribution in [3.05, 3.63) is 28.2 Å². The zero-order valence-electron chi connectivity index (χ0n) is 10.1. The molecule has 0 aromatic heterocycles. The van der Waals surface area contributed by atoms with Crippen LogP contribution < -0.4 is 0 Å². The number of sulfonamides is 1. The van der Waals surface area contributed by atoms with Gasteiger partial charge in [0.05, 0.1) is 10.5 Å². The van der Waals surface area contributed by atoms with Crippen molar-refractivity contribution in [2.75, 3.05) is 13.6 Å². The summed E-state index contributed by atoms with van der Waals surface area (Å²) < 4.78 is 25.8. The van der Waals surface area contributed by atoms with Gasteiger partial charge in [0.15, 0.2) is 0 Å². The first-order chi connectivity index (χ1) is 8.30. The van der Waals surface area contributed by atoms with Crippen molar-refractivity contribution in [2.24, 2.45) is 0 Å². The van der Waals surface area contributed by atoms with E-state index in [1.54, 1.807) is 0 Å². The van der Waals surface area contributed by atoms with Gasteiger partial charge in [0.1, 0.15) is 0 Å². The van der Waals surface area contributed by atoms with E-state index in [-0.39, 0.29) is 14.9 Å². The monoisotopic (exact) mass is 335 g/mol. The zero-order chi connectivity index (χ0) is 13.9. The van der Waals surface area contributed by atoms with Gasteiger partial charge in [-0.3, -0.25) is 0 Å². The van der Waals surface area contributed by atoms with E-state index in [0.717, 1.165) is 0 Å². The van der Waals surface area contributed by atoms with Crippen LogP contribution in [0, 0.1) is 0 Å². The molecule has 100 valence electrons. The van der Waals surface area contributed by atoms with Crippen molar-refractivity contribution in [3.8, 4) is 0 Å². The standard InChI is InChI=1S/C11H14BrNO4S/c1-3-6-13(2)18(16,17)10-5-4-8(11(14)15)7-9(10)12/h4-5,7H,3,6H2,1-2H3,(H,14,15). The molecule has 0 radical (unpaired) electrons. The molecule has 0 saturated heterocycles. The topological polar surface area (TPSA) is 74.7 Å². The Balaban J connectivity index is 3.22. The second-order valence-electron chi connectivity index (χ2n) is 3.78. The van der Waals surface area contributed by atoms with Crippen LogP contribution >= 0.6 is 15.9 Å². The number of rotatable bonds is 5. The summed E-state index contributed by atoms with van der Waals surface area (Å²) in [4.78, 5) is 10.8. The van der Waals surface area contributed by atoms with E-state index in [9.17, 15) is 13.2 Å². The number of hydrogen-bond acceptors (Lipinski definition) is 3. The molecule has 0 aliphatic heterocycles. The molecule has 0 fully saturated rings. The minimum atomic E-state index is -3.58. The second kappa shape index (κ2) is 5.81. The molecule has 0 unspecified atom stereocenters. The number of carboxylic acid groups (broad SMARTS) is 1. The summed E-state index contributed by atoms with van der Waals surface area (Å²) in [7, 11) is -2.08. The molecule has 0 atom stereocenters. The van der Waals surface area contributed by atoms with Crippen LogP contribution in [0.1, 0.15) is 23.7 Å². The van der Waals surface area contributed by atoms with E-state index < -0.39 is 16.0 Å². The Bertz CT molecular complexity index is 556. The van der Waals surface area contributed by atoms with E-state index in [1.807, 2.05) is 6.92 Å². The maximum Gasteiger partial charge on any atom is 0.335 e. The summed E-state index contributed by atoms with van der Waals surface area (Å²) in [5.41, 5.74) is 0.0407. The number of hydrogen-bond donors (Lipinski definition) is 1. The normalized spacial score (nSPS) is 11.8. The SMILES string of the molecule is CCCN(C)S(=O)(=O)c1ccc(C(=O)O)cc1Br. The Morgan fingerprint density at radius 2 is 2.06 bits per heavy atom. The molecule has 0 heterocycles. The number of halogens is 1. The van der Waals surface area contributed by atoms with Gasteiger partial charge < -0.3 is 5.11 Å². The highest BCUT2D eigenvalue weighted by atomic mass is 79.9. The van der Waals surface area contributed by atoms with Crippen LogP contribution in [0.2, 0.25) is 0 Å². The summed E-state index contributed by atoms with van der Waals surface area (Å²) in [5, 5.41) is 8.82. The Hall–Kier alpha value is -0.920. The van der Waals surface area contributed by atoms with Gasteiger partial charge in [0.2, 0.25) is 10.0 Å². The fourth-order valence-corrected chi connectivity index (χ4v) is 3.74. The van der Waals surface area contributed by atoms with Crippen molar-refractivity contribution in [1.29, 1.82) is 0 Å². The third-order valence-corrected chi connectivity index (χ3v) is 5.24. The average molecular weight is 336 g/mol. The average Bonchev–Trinajstić information content (AvgIpc) is 2.28. The molecule has 0 bridgehead atoms. The lowest BCUT2D eigenvalue weighted by atomic mass is 10.2. The van der Waals surface area contributed by atoms with Crippen molar-refractivity contribution < 1.29 is 18.3 Å². The van der Waals surface area contributed by atoms with Gasteiger partial charge in [-0.1, -0.05) is 6.92 Å². The van der Waals surface area contributed by atoms with Crippen molar-refractivity contribution in [1.82, 2.24) is 4.31 Å². The smallest absolute Gasteiger partial charge is 0.335 e. The fraction of sp³-hybridized carbons (Fsp3) is 0.364. The maximum atomic E-state index is 12.2. The second-order valence-corrected chi connectivity index (χ2v) is 6.64. The molecule has 1 aromatic carbocycles. The van der Waals surface area contributed by atoms with Crippen LogP contribution in [-0.4, -0.2) is 37.4 Å². The molecule has 18 heavy (non-hydrogen) atoms. The first-order valence-corrected chi connectivity index (χ1v) is 7.53. The number of aromatic carboxylic acids is 1. The molecule has 1 N–H and O–H groups in total. The van der Waals surface area contributed by atoms with E-state index >= 15 is 0 Å². The molecule has 1 rings (SSSR count). The molecule has 0 amide bonds. The summed E-state index contributed by atoms with van der Waals surface area (Å²) in [6.45, 7) is 2.30. The lowest BCUT2D eigenvalue weighted by Crippen LogP contribution is -2.28. The Morgan fingerprint density at radius 3 is 2.50 bits per heavy atom. The largest absolute Gasteiger partial charge is 0.478 e. The summed E-state index contributed by atoms with van der Waals surface area (Å²) in [6.07, 6.45) is 0.709. The fourth-order valence-electron chi connectivity index (χ4n) is 1.45. The minimum absolute atomic E-state index is 0.0407. The summed E-state index contributed by atoms with van der Waals surface area (Å²) >= 11 is 3.10. The third kappa shape index (κ3) is 3.09. The van der Waals surface area contributed by atoms with Crippen LogP contribution in [0.4, 0.5) is 0 Å². The molecule has 1 aromatic rings. The number of nitrogens with zero attached hydrogens (tertiary/aromatic N) is 1. The van der Waals surface area contributed by atoms with Crippen LogP contribution in [-0.2, 0) is 10.0 Å². The highest BCUT2D eigenvalue weighted by Crippen LogP contribution is 2.25. The molecule has 0 saturated carbocycles. The van der Waals surface area contributed by atoms with Crippen LogP contribution in [0.3, 0.4) is 0 Å². The molecule has 5 nitrogen and oxygen atoms in total. The van der Waals surface area contributed by atoms with E-state index in [0.29, 0.717) is 13.0 Å². The van der Waals surface area contributed by atoms with Crippen LogP contribution in [0.5, 0.6) is 0 Å². The third-order valence-electron chi connectivity index (χ3n) is 2.41. The van der Waals surface area contributed by atoms with Gasteiger partial charge in [-0.15, -0.1) is 0 Å².